The third-order valence-corrected chi connectivity index (χ3v) is 5.37. The van der Waals surface area contributed by atoms with Crippen LogP contribution in [0.15, 0.2) is 18.2 Å². The highest BCUT2D eigenvalue weighted by Crippen LogP contribution is 2.54. The zero-order valence-electron chi connectivity index (χ0n) is 13.1. The van der Waals surface area contributed by atoms with Crippen LogP contribution >= 0.6 is 0 Å². The number of hydrogen-bond acceptors (Lipinski definition) is 2. The first kappa shape index (κ1) is 14.8. The number of rotatable bonds is 5. The molecular formula is C18H26FNO. The molecule has 1 aromatic carbocycles. The van der Waals surface area contributed by atoms with Crippen molar-refractivity contribution in [2.75, 3.05) is 6.54 Å². The van der Waals surface area contributed by atoms with Crippen molar-refractivity contribution in [2.24, 2.45) is 5.41 Å². The summed E-state index contributed by atoms with van der Waals surface area (Å²) in [6.45, 7) is 5.09. The number of aryl methyl sites for hydroxylation is 1. The lowest BCUT2D eigenvalue weighted by Gasteiger charge is -2.54. The van der Waals surface area contributed by atoms with E-state index in [1.54, 1.807) is 13.0 Å². The second-order valence-electron chi connectivity index (χ2n) is 6.70. The number of benzene rings is 1. The Morgan fingerprint density at radius 1 is 1.33 bits per heavy atom. The fourth-order valence-corrected chi connectivity index (χ4v) is 4.08. The van der Waals surface area contributed by atoms with Gasteiger partial charge in [-0.2, -0.15) is 0 Å². The maximum atomic E-state index is 13.4. The molecule has 2 fully saturated rings. The maximum absolute atomic E-state index is 13.4. The van der Waals surface area contributed by atoms with Crippen molar-refractivity contribution >= 4 is 0 Å². The molecule has 1 aromatic rings. The monoisotopic (exact) mass is 291 g/mol. The molecule has 0 aliphatic heterocycles. The largest absolute Gasteiger partial charge is 0.490 e. The van der Waals surface area contributed by atoms with Crippen LogP contribution in [0, 0.1) is 18.2 Å². The van der Waals surface area contributed by atoms with Crippen molar-refractivity contribution in [1.29, 1.82) is 0 Å². The number of halogens is 1. The van der Waals surface area contributed by atoms with Crippen molar-refractivity contribution in [2.45, 2.75) is 64.5 Å². The van der Waals surface area contributed by atoms with Crippen molar-refractivity contribution in [3.63, 3.8) is 0 Å². The van der Waals surface area contributed by atoms with E-state index in [0.717, 1.165) is 18.7 Å². The van der Waals surface area contributed by atoms with Crippen molar-refractivity contribution in [3.8, 4) is 5.75 Å². The van der Waals surface area contributed by atoms with E-state index in [-0.39, 0.29) is 5.82 Å². The van der Waals surface area contributed by atoms with Crippen LogP contribution in [-0.2, 0) is 0 Å². The second-order valence-corrected chi connectivity index (χ2v) is 6.70. The average molecular weight is 291 g/mol. The minimum absolute atomic E-state index is 0.158. The molecule has 0 heterocycles. The van der Waals surface area contributed by atoms with E-state index < -0.39 is 0 Å². The molecule has 21 heavy (non-hydrogen) atoms. The Balaban J connectivity index is 1.69. The van der Waals surface area contributed by atoms with Crippen LogP contribution in [0.2, 0.25) is 0 Å². The lowest BCUT2D eigenvalue weighted by Crippen LogP contribution is -2.63. The summed E-state index contributed by atoms with van der Waals surface area (Å²) in [7, 11) is 0. The summed E-state index contributed by atoms with van der Waals surface area (Å²) in [6.07, 6.45) is 7.70. The predicted molar refractivity (Wildman–Crippen MR) is 83.2 cm³/mol. The highest BCUT2D eigenvalue weighted by Gasteiger charge is 2.57. The van der Waals surface area contributed by atoms with Gasteiger partial charge in [-0.1, -0.05) is 19.8 Å². The first-order valence-corrected chi connectivity index (χ1v) is 8.32. The number of nitrogens with one attached hydrogen (secondary N) is 1. The standard InChI is InChI=1S/C18H26FNO/c1-3-10-20-16-12-17(18(16)8-4-5-9-18)21-14-6-7-15(19)13(2)11-14/h6-7,11,16-17,20H,3-5,8-10,12H2,1-2H3. The molecule has 0 aromatic heterocycles. The highest BCUT2D eigenvalue weighted by molar-refractivity contribution is 5.30. The molecule has 3 heteroatoms. The van der Waals surface area contributed by atoms with E-state index in [0.29, 0.717) is 23.1 Å². The van der Waals surface area contributed by atoms with E-state index in [1.165, 1.54) is 38.2 Å². The van der Waals surface area contributed by atoms with Gasteiger partial charge in [0.15, 0.2) is 0 Å². The van der Waals surface area contributed by atoms with Crippen LogP contribution in [0.3, 0.4) is 0 Å². The van der Waals surface area contributed by atoms with E-state index in [2.05, 4.69) is 12.2 Å². The third-order valence-electron chi connectivity index (χ3n) is 5.37. The van der Waals surface area contributed by atoms with Gasteiger partial charge >= 0.3 is 0 Å². The van der Waals surface area contributed by atoms with E-state index in [1.807, 2.05) is 6.07 Å². The highest BCUT2D eigenvalue weighted by atomic mass is 19.1. The van der Waals surface area contributed by atoms with Gasteiger partial charge in [-0.15, -0.1) is 0 Å². The van der Waals surface area contributed by atoms with E-state index in [9.17, 15) is 4.39 Å². The van der Waals surface area contributed by atoms with E-state index in [4.69, 9.17) is 4.74 Å². The summed E-state index contributed by atoms with van der Waals surface area (Å²) in [4.78, 5) is 0. The molecule has 116 valence electrons. The summed E-state index contributed by atoms with van der Waals surface area (Å²) in [6, 6.07) is 5.70. The Bertz CT molecular complexity index is 496. The Labute approximate surface area is 127 Å². The molecule has 0 amide bonds. The van der Waals surface area contributed by atoms with Crippen LogP contribution in [0.25, 0.3) is 0 Å². The molecule has 0 saturated heterocycles. The van der Waals surface area contributed by atoms with Crippen molar-refractivity contribution in [1.82, 2.24) is 5.32 Å². The molecule has 2 nitrogen and oxygen atoms in total. The Hall–Kier alpha value is -1.09. The van der Waals surface area contributed by atoms with Gasteiger partial charge in [0.25, 0.3) is 0 Å². The summed E-state index contributed by atoms with van der Waals surface area (Å²) in [5.74, 6) is 0.660. The van der Waals surface area contributed by atoms with Crippen LogP contribution in [-0.4, -0.2) is 18.7 Å². The molecule has 1 N–H and O–H groups in total. The molecule has 0 bridgehead atoms. The third kappa shape index (κ3) is 2.68. The lowest BCUT2D eigenvalue weighted by atomic mass is 9.60. The maximum Gasteiger partial charge on any atom is 0.126 e. The molecule has 2 atom stereocenters. The zero-order valence-corrected chi connectivity index (χ0v) is 13.1. The molecule has 3 rings (SSSR count). The van der Waals surface area contributed by atoms with Gasteiger partial charge in [0.1, 0.15) is 17.7 Å². The van der Waals surface area contributed by atoms with Crippen LogP contribution < -0.4 is 10.1 Å². The van der Waals surface area contributed by atoms with E-state index >= 15 is 0 Å². The Morgan fingerprint density at radius 2 is 2.10 bits per heavy atom. The fourth-order valence-electron chi connectivity index (χ4n) is 4.08. The molecule has 1 spiro atoms. The van der Waals surface area contributed by atoms with Crippen molar-refractivity contribution < 1.29 is 9.13 Å². The Kier molecular flexibility index (Phi) is 4.21. The van der Waals surface area contributed by atoms with Gasteiger partial charge in [-0.05, 0) is 56.5 Å². The van der Waals surface area contributed by atoms with Crippen LogP contribution in [0.4, 0.5) is 4.39 Å². The molecule has 2 saturated carbocycles. The molecule has 2 unspecified atom stereocenters. The van der Waals surface area contributed by atoms with Gasteiger partial charge in [0.2, 0.25) is 0 Å². The summed E-state index contributed by atoms with van der Waals surface area (Å²) < 4.78 is 19.6. The molecule has 2 aliphatic rings. The zero-order chi connectivity index (χ0) is 14.9. The van der Waals surface area contributed by atoms with Crippen LogP contribution in [0.5, 0.6) is 5.75 Å². The first-order valence-electron chi connectivity index (χ1n) is 8.32. The minimum atomic E-state index is -0.158. The summed E-state index contributed by atoms with van der Waals surface area (Å²) in [5, 5.41) is 3.70. The SMILES string of the molecule is CCCNC1CC(Oc2ccc(F)c(C)c2)C12CCCC2. The summed E-state index contributed by atoms with van der Waals surface area (Å²) in [5.41, 5.74) is 0.977. The topological polar surface area (TPSA) is 21.3 Å². The first-order chi connectivity index (χ1) is 10.2. The van der Waals surface area contributed by atoms with Crippen molar-refractivity contribution in [3.05, 3.63) is 29.6 Å². The smallest absolute Gasteiger partial charge is 0.126 e. The fraction of sp³-hybridized carbons (Fsp3) is 0.667. The normalized spacial score (nSPS) is 26.8. The van der Waals surface area contributed by atoms with Gasteiger partial charge in [-0.25, -0.2) is 4.39 Å². The van der Waals surface area contributed by atoms with Gasteiger partial charge in [0.05, 0.1) is 0 Å². The van der Waals surface area contributed by atoms with Gasteiger partial charge < -0.3 is 10.1 Å². The number of hydrogen-bond donors (Lipinski definition) is 1. The second kappa shape index (κ2) is 5.96. The molecule has 0 radical (unpaired) electrons. The lowest BCUT2D eigenvalue weighted by molar-refractivity contribution is -0.0760. The van der Waals surface area contributed by atoms with Gasteiger partial charge in [-0.3, -0.25) is 0 Å². The molecule has 2 aliphatic carbocycles. The Morgan fingerprint density at radius 3 is 2.76 bits per heavy atom. The predicted octanol–water partition coefficient (Wildman–Crippen LogP) is 4.21. The summed E-state index contributed by atoms with van der Waals surface area (Å²) >= 11 is 0. The average Bonchev–Trinajstić information content (AvgIpc) is 2.98. The van der Waals surface area contributed by atoms with Crippen LogP contribution in [0.1, 0.15) is 51.0 Å². The number of ether oxygens (including phenoxy) is 1. The minimum Gasteiger partial charge on any atom is -0.490 e. The molecular weight excluding hydrogens is 265 g/mol. The van der Waals surface area contributed by atoms with Gasteiger partial charge in [0, 0.05) is 17.9 Å². The quantitative estimate of drug-likeness (QED) is 0.877.